The van der Waals surface area contributed by atoms with Gasteiger partial charge in [-0.3, -0.25) is 4.79 Å². The lowest BCUT2D eigenvalue weighted by Gasteiger charge is -2.15. The van der Waals surface area contributed by atoms with Gasteiger partial charge in [-0.25, -0.2) is 9.97 Å². The molecule has 1 aliphatic heterocycles. The first-order valence-corrected chi connectivity index (χ1v) is 7.18. The van der Waals surface area contributed by atoms with E-state index in [1.165, 1.54) is 6.33 Å². The molecule has 0 aliphatic carbocycles. The summed E-state index contributed by atoms with van der Waals surface area (Å²) in [5.74, 6) is 1.51. The van der Waals surface area contributed by atoms with Crippen LogP contribution in [-0.2, 0) is 4.79 Å². The number of rotatable bonds is 5. The predicted octanol–water partition coefficient (Wildman–Crippen LogP) is 1.70. The summed E-state index contributed by atoms with van der Waals surface area (Å²) in [6.07, 6.45) is 3.31. The Balaban J connectivity index is 2.10. The Morgan fingerprint density at radius 3 is 2.84 bits per heavy atom. The van der Waals surface area contributed by atoms with Crippen molar-refractivity contribution in [2.75, 3.05) is 30.8 Å². The van der Waals surface area contributed by atoms with E-state index in [1.54, 1.807) is 4.90 Å². The predicted molar refractivity (Wildman–Crippen MR) is 78.2 cm³/mol. The van der Waals surface area contributed by atoms with Gasteiger partial charge in [0.2, 0.25) is 5.91 Å². The van der Waals surface area contributed by atoms with Crippen LogP contribution in [0.2, 0.25) is 0 Å². The van der Waals surface area contributed by atoms with E-state index in [-0.39, 0.29) is 11.9 Å². The van der Waals surface area contributed by atoms with Gasteiger partial charge < -0.3 is 15.5 Å². The fourth-order valence-corrected chi connectivity index (χ4v) is 2.42. The summed E-state index contributed by atoms with van der Waals surface area (Å²) in [5.41, 5.74) is 0. The van der Waals surface area contributed by atoms with Crippen molar-refractivity contribution in [3.63, 3.8) is 0 Å². The Morgan fingerprint density at radius 1 is 1.47 bits per heavy atom. The Morgan fingerprint density at radius 2 is 2.21 bits per heavy atom. The van der Waals surface area contributed by atoms with E-state index in [0.29, 0.717) is 5.82 Å². The van der Waals surface area contributed by atoms with E-state index in [4.69, 9.17) is 0 Å². The van der Waals surface area contributed by atoms with Gasteiger partial charge in [0.25, 0.3) is 0 Å². The summed E-state index contributed by atoms with van der Waals surface area (Å²) in [7, 11) is 1.81. The van der Waals surface area contributed by atoms with E-state index in [0.717, 1.165) is 36.2 Å². The van der Waals surface area contributed by atoms with E-state index in [1.807, 2.05) is 7.05 Å². The molecular formula is C12H18BrN5O. The summed E-state index contributed by atoms with van der Waals surface area (Å²) < 4.78 is 0.769. The van der Waals surface area contributed by atoms with E-state index in [2.05, 4.69) is 43.5 Å². The number of carbonyl (C=O) groups is 1. The summed E-state index contributed by atoms with van der Waals surface area (Å²) >= 11 is 3.48. The number of likely N-dealkylation sites (tertiary alicyclic amines) is 1. The number of aromatic nitrogens is 2. The molecule has 2 heterocycles. The monoisotopic (exact) mass is 327 g/mol. The molecule has 1 unspecified atom stereocenters. The number of hydrogen-bond donors (Lipinski definition) is 2. The molecule has 1 atom stereocenters. The first-order valence-electron chi connectivity index (χ1n) is 6.39. The lowest BCUT2D eigenvalue weighted by atomic mass is 10.2. The van der Waals surface area contributed by atoms with Crippen LogP contribution >= 0.6 is 15.9 Å². The van der Waals surface area contributed by atoms with Crippen molar-refractivity contribution < 1.29 is 4.79 Å². The number of amides is 1. The van der Waals surface area contributed by atoms with Crippen molar-refractivity contribution in [3.8, 4) is 0 Å². The first kappa shape index (κ1) is 14.0. The van der Waals surface area contributed by atoms with Crippen LogP contribution in [0.1, 0.15) is 19.8 Å². The van der Waals surface area contributed by atoms with Gasteiger partial charge in [-0.05, 0) is 28.8 Å². The number of hydrogen-bond acceptors (Lipinski definition) is 5. The second-order valence-corrected chi connectivity index (χ2v) is 5.35. The molecule has 0 spiro atoms. The van der Waals surface area contributed by atoms with Gasteiger partial charge in [0.15, 0.2) is 0 Å². The van der Waals surface area contributed by atoms with E-state index >= 15 is 0 Å². The highest BCUT2D eigenvalue weighted by Crippen LogP contribution is 2.28. The van der Waals surface area contributed by atoms with Gasteiger partial charge >= 0.3 is 0 Å². The Labute approximate surface area is 121 Å². The highest BCUT2D eigenvalue weighted by molar-refractivity contribution is 9.10. The fraction of sp³-hybridized carbons (Fsp3) is 0.583. The number of nitrogens with zero attached hydrogens (tertiary/aromatic N) is 3. The van der Waals surface area contributed by atoms with Crippen LogP contribution in [0.25, 0.3) is 0 Å². The van der Waals surface area contributed by atoms with Crippen LogP contribution < -0.4 is 10.6 Å². The standard InChI is InChI=1S/C12H18BrN5O/c1-3-5-14-10-9(13)11(16-7-15-10)17-8-4-6-18(2)12(8)19/h7-8H,3-6H2,1-2H3,(H2,14,15,16,17). The normalized spacial score (nSPS) is 18.8. The minimum Gasteiger partial charge on any atom is -0.369 e. The third kappa shape index (κ3) is 3.15. The van der Waals surface area contributed by atoms with Crippen molar-refractivity contribution in [1.29, 1.82) is 0 Å². The molecule has 2 rings (SSSR count). The van der Waals surface area contributed by atoms with Crippen LogP contribution in [0.4, 0.5) is 11.6 Å². The van der Waals surface area contributed by atoms with Crippen molar-refractivity contribution in [1.82, 2.24) is 14.9 Å². The maximum Gasteiger partial charge on any atom is 0.244 e. The lowest BCUT2D eigenvalue weighted by molar-refractivity contribution is -0.127. The Bertz CT molecular complexity index is 467. The smallest absolute Gasteiger partial charge is 0.244 e. The van der Waals surface area contributed by atoms with Crippen molar-refractivity contribution >= 4 is 33.5 Å². The number of carbonyl (C=O) groups excluding carboxylic acids is 1. The number of likely N-dealkylation sites (N-methyl/N-ethyl adjacent to an activating group) is 1. The molecule has 104 valence electrons. The quantitative estimate of drug-likeness (QED) is 0.861. The van der Waals surface area contributed by atoms with Crippen LogP contribution in [0.3, 0.4) is 0 Å². The summed E-state index contributed by atoms with van der Waals surface area (Å²) in [4.78, 5) is 22.0. The van der Waals surface area contributed by atoms with Crippen molar-refractivity contribution in [2.24, 2.45) is 0 Å². The molecular weight excluding hydrogens is 310 g/mol. The fourth-order valence-electron chi connectivity index (χ4n) is 1.96. The highest BCUT2D eigenvalue weighted by Gasteiger charge is 2.29. The van der Waals surface area contributed by atoms with Gasteiger partial charge in [-0.2, -0.15) is 0 Å². The Kier molecular flexibility index (Phi) is 4.57. The largest absolute Gasteiger partial charge is 0.369 e. The molecule has 0 bridgehead atoms. The lowest BCUT2D eigenvalue weighted by Crippen LogP contribution is -2.31. The Hall–Kier alpha value is -1.37. The number of nitrogens with one attached hydrogen (secondary N) is 2. The number of anilines is 2. The van der Waals surface area contributed by atoms with Gasteiger partial charge in [0, 0.05) is 20.1 Å². The zero-order valence-electron chi connectivity index (χ0n) is 11.1. The van der Waals surface area contributed by atoms with Gasteiger partial charge in [0.1, 0.15) is 28.5 Å². The first-order chi connectivity index (χ1) is 9.13. The second kappa shape index (κ2) is 6.18. The zero-order chi connectivity index (χ0) is 13.8. The summed E-state index contributed by atoms with van der Waals surface area (Å²) in [6.45, 7) is 3.72. The molecule has 1 aromatic heterocycles. The maximum atomic E-state index is 11.9. The van der Waals surface area contributed by atoms with E-state index < -0.39 is 0 Å². The molecule has 7 heteroatoms. The molecule has 0 radical (unpaired) electrons. The molecule has 0 saturated carbocycles. The summed E-state index contributed by atoms with van der Waals surface area (Å²) in [5, 5.41) is 6.39. The minimum atomic E-state index is -0.199. The average Bonchev–Trinajstić information content (AvgIpc) is 2.72. The molecule has 1 saturated heterocycles. The van der Waals surface area contributed by atoms with E-state index in [9.17, 15) is 4.79 Å². The second-order valence-electron chi connectivity index (χ2n) is 4.56. The molecule has 1 amide bonds. The van der Waals surface area contributed by atoms with Gasteiger partial charge in [-0.1, -0.05) is 6.92 Å². The minimum absolute atomic E-state index is 0.105. The SMILES string of the molecule is CCCNc1ncnc(NC2CCN(C)C2=O)c1Br. The van der Waals surface area contributed by atoms with Crippen LogP contribution in [0.15, 0.2) is 10.8 Å². The van der Waals surface area contributed by atoms with Crippen molar-refractivity contribution in [3.05, 3.63) is 10.8 Å². The zero-order valence-corrected chi connectivity index (χ0v) is 12.7. The molecule has 0 aromatic carbocycles. The molecule has 19 heavy (non-hydrogen) atoms. The van der Waals surface area contributed by atoms with Crippen LogP contribution in [0, 0.1) is 0 Å². The molecule has 6 nitrogen and oxygen atoms in total. The molecule has 1 aromatic rings. The topological polar surface area (TPSA) is 70.2 Å². The third-order valence-electron chi connectivity index (χ3n) is 3.07. The van der Waals surface area contributed by atoms with Crippen LogP contribution in [-0.4, -0.2) is 47.0 Å². The molecule has 1 aliphatic rings. The molecule has 1 fully saturated rings. The van der Waals surface area contributed by atoms with Gasteiger partial charge in [-0.15, -0.1) is 0 Å². The third-order valence-corrected chi connectivity index (χ3v) is 3.82. The average molecular weight is 328 g/mol. The molecule has 2 N–H and O–H groups in total. The highest BCUT2D eigenvalue weighted by atomic mass is 79.9. The van der Waals surface area contributed by atoms with Crippen LogP contribution in [0.5, 0.6) is 0 Å². The number of halogens is 1. The van der Waals surface area contributed by atoms with Gasteiger partial charge in [0.05, 0.1) is 0 Å². The maximum absolute atomic E-state index is 11.9. The summed E-state index contributed by atoms with van der Waals surface area (Å²) in [6, 6.07) is -0.199. The van der Waals surface area contributed by atoms with Crippen molar-refractivity contribution in [2.45, 2.75) is 25.8 Å².